The Morgan fingerprint density at radius 1 is 1.07 bits per heavy atom. The molecule has 0 unspecified atom stereocenters. The van der Waals surface area contributed by atoms with Crippen LogP contribution in [0, 0.1) is 11.7 Å². The van der Waals surface area contributed by atoms with Crippen LogP contribution in [0.5, 0.6) is 0 Å². The molecule has 0 radical (unpaired) electrons. The van der Waals surface area contributed by atoms with Crippen molar-refractivity contribution in [2.75, 3.05) is 41.3 Å². The smallest absolute Gasteiger partial charge is 0.228 e. The molecule has 0 spiro atoms. The lowest BCUT2D eigenvalue weighted by atomic mass is 10.0. The molecule has 0 bridgehead atoms. The van der Waals surface area contributed by atoms with Gasteiger partial charge in [0.15, 0.2) is 0 Å². The van der Waals surface area contributed by atoms with Crippen molar-refractivity contribution in [3.8, 4) is 0 Å². The van der Waals surface area contributed by atoms with E-state index < -0.39 is 0 Å². The average Bonchev–Trinajstić information content (AvgIpc) is 2.70. The van der Waals surface area contributed by atoms with Gasteiger partial charge in [-0.1, -0.05) is 26.0 Å². The number of rotatable bonds is 6. The van der Waals surface area contributed by atoms with Gasteiger partial charge in [0, 0.05) is 32.1 Å². The number of piperazine rings is 1. The molecule has 1 aliphatic rings. The van der Waals surface area contributed by atoms with Crippen molar-refractivity contribution < 1.29 is 9.18 Å². The first-order valence-electron chi connectivity index (χ1n) is 9.63. The second kappa shape index (κ2) is 8.84. The normalized spacial score (nSPS) is 14.5. The van der Waals surface area contributed by atoms with Crippen LogP contribution in [0.15, 0.2) is 42.6 Å². The molecule has 1 saturated heterocycles. The van der Waals surface area contributed by atoms with E-state index in [0.717, 1.165) is 44.7 Å². The molecule has 1 N–H and O–H groups in total. The number of carbonyl (C=O) groups is 1. The summed E-state index contributed by atoms with van der Waals surface area (Å²) in [6.07, 6.45) is 3.45. The van der Waals surface area contributed by atoms with Crippen molar-refractivity contribution in [2.45, 2.75) is 26.7 Å². The highest BCUT2D eigenvalue weighted by Crippen LogP contribution is 2.23. The van der Waals surface area contributed by atoms with Gasteiger partial charge in [0.2, 0.25) is 5.91 Å². The monoisotopic (exact) mass is 370 g/mol. The lowest BCUT2D eigenvalue weighted by molar-refractivity contribution is -0.120. The molecule has 1 amide bonds. The van der Waals surface area contributed by atoms with Gasteiger partial charge in [-0.2, -0.15) is 0 Å². The highest BCUT2D eigenvalue weighted by Gasteiger charge is 2.20. The Balaban J connectivity index is 1.57. The van der Waals surface area contributed by atoms with Crippen molar-refractivity contribution in [2.24, 2.45) is 5.92 Å². The maximum Gasteiger partial charge on any atom is 0.228 e. The zero-order valence-corrected chi connectivity index (χ0v) is 16.0. The molecule has 0 atom stereocenters. The average molecular weight is 370 g/mol. The number of hydrogen-bond acceptors (Lipinski definition) is 4. The van der Waals surface area contributed by atoms with E-state index in [1.54, 1.807) is 12.3 Å². The van der Waals surface area contributed by atoms with Crippen LogP contribution in [-0.4, -0.2) is 37.1 Å². The van der Waals surface area contributed by atoms with Crippen LogP contribution in [0.3, 0.4) is 0 Å². The number of para-hydroxylation sites is 1. The number of anilines is 3. The summed E-state index contributed by atoms with van der Waals surface area (Å²) in [5.74, 6) is 0.461. The Hall–Kier alpha value is -2.63. The van der Waals surface area contributed by atoms with Gasteiger partial charge in [-0.05, 0) is 37.1 Å². The zero-order chi connectivity index (χ0) is 19.2. The number of halogens is 1. The van der Waals surface area contributed by atoms with Crippen molar-refractivity contribution in [3.05, 3.63) is 48.4 Å². The number of amides is 1. The van der Waals surface area contributed by atoms with Crippen LogP contribution in [0.25, 0.3) is 0 Å². The lowest BCUT2D eigenvalue weighted by Crippen LogP contribution is -2.46. The first kappa shape index (κ1) is 19.1. The number of hydrogen-bond donors (Lipinski definition) is 1. The van der Waals surface area contributed by atoms with E-state index in [9.17, 15) is 9.18 Å². The standard InChI is InChI=1S/C21H27FN4O/c1-3-16(4-2)21(27)24-20-10-9-17(15-23-20)25-11-13-26(14-12-25)19-8-6-5-7-18(19)22/h5-10,15-16H,3-4,11-14H2,1-2H3,(H,23,24,27). The molecule has 2 aromatic rings. The maximum atomic E-state index is 14.0. The summed E-state index contributed by atoms with van der Waals surface area (Å²) in [4.78, 5) is 20.9. The molecule has 5 nitrogen and oxygen atoms in total. The summed E-state index contributed by atoms with van der Waals surface area (Å²) < 4.78 is 14.0. The molecular weight excluding hydrogens is 343 g/mol. The summed E-state index contributed by atoms with van der Waals surface area (Å²) in [6, 6.07) is 10.7. The minimum atomic E-state index is -0.176. The number of pyridine rings is 1. The number of benzene rings is 1. The fraction of sp³-hybridized carbons (Fsp3) is 0.429. The van der Waals surface area contributed by atoms with Gasteiger partial charge < -0.3 is 15.1 Å². The first-order valence-corrected chi connectivity index (χ1v) is 9.63. The largest absolute Gasteiger partial charge is 0.367 e. The second-order valence-electron chi connectivity index (χ2n) is 6.83. The fourth-order valence-corrected chi connectivity index (χ4v) is 3.45. The third kappa shape index (κ3) is 4.56. The van der Waals surface area contributed by atoms with E-state index in [1.165, 1.54) is 6.07 Å². The molecule has 3 rings (SSSR count). The van der Waals surface area contributed by atoms with Crippen molar-refractivity contribution in [1.82, 2.24) is 4.98 Å². The summed E-state index contributed by atoms with van der Waals surface area (Å²) in [6.45, 7) is 7.16. The summed E-state index contributed by atoms with van der Waals surface area (Å²) in [5, 5.41) is 2.89. The van der Waals surface area contributed by atoms with E-state index in [1.807, 2.05) is 38.1 Å². The molecule has 0 saturated carbocycles. The molecule has 1 aromatic heterocycles. The van der Waals surface area contributed by atoms with E-state index in [0.29, 0.717) is 11.5 Å². The highest BCUT2D eigenvalue weighted by atomic mass is 19.1. The van der Waals surface area contributed by atoms with Gasteiger partial charge in [0.1, 0.15) is 11.6 Å². The van der Waals surface area contributed by atoms with Gasteiger partial charge in [-0.15, -0.1) is 0 Å². The van der Waals surface area contributed by atoms with Gasteiger partial charge in [0.25, 0.3) is 0 Å². The lowest BCUT2D eigenvalue weighted by Gasteiger charge is -2.37. The highest BCUT2D eigenvalue weighted by molar-refractivity contribution is 5.91. The molecule has 27 heavy (non-hydrogen) atoms. The quantitative estimate of drug-likeness (QED) is 0.837. The fourth-order valence-electron chi connectivity index (χ4n) is 3.45. The minimum absolute atomic E-state index is 0.0259. The van der Waals surface area contributed by atoms with Crippen LogP contribution in [0.2, 0.25) is 0 Å². The van der Waals surface area contributed by atoms with Crippen LogP contribution in [0.1, 0.15) is 26.7 Å². The van der Waals surface area contributed by atoms with E-state index >= 15 is 0 Å². The predicted octanol–water partition coefficient (Wildman–Crippen LogP) is 3.92. The van der Waals surface area contributed by atoms with Gasteiger partial charge >= 0.3 is 0 Å². The number of nitrogens with zero attached hydrogens (tertiary/aromatic N) is 3. The van der Waals surface area contributed by atoms with E-state index in [-0.39, 0.29) is 17.6 Å². The summed E-state index contributed by atoms with van der Waals surface area (Å²) in [5.41, 5.74) is 1.68. The summed E-state index contributed by atoms with van der Waals surface area (Å²) in [7, 11) is 0. The van der Waals surface area contributed by atoms with Crippen LogP contribution < -0.4 is 15.1 Å². The Morgan fingerprint density at radius 2 is 1.74 bits per heavy atom. The van der Waals surface area contributed by atoms with Crippen LogP contribution in [0.4, 0.5) is 21.6 Å². The van der Waals surface area contributed by atoms with E-state index in [4.69, 9.17) is 0 Å². The van der Waals surface area contributed by atoms with Crippen molar-refractivity contribution in [3.63, 3.8) is 0 Å². The molecule has 0 aliphatic carbocycles. The molecular formula is C21H27FN4O. The number of aromatic nitrogens is 1. The van der Waals surface area contributed by atoms with Gasteiger partial charge in [-0.25, -0.2) is 9.37 Å². The third-order valence-electron chi connectivity index (χ3n) is 5.19. The maximum absolute atomic E-state index is 14.0. The number of nitrogens with one attached hydrogen (secondary N) is 1. The SMILES string of the molecule is CCC(CC)C(=O)Nc1ccc(N2CCN(c3ccccc3F)CC2)cn1. The summed E-state index contributed by atoms with van der Waals surface area (Å²) >= 11 is 0. The molecule has 2 heterocycles. The van der Waals surface area contributed by atoms with Crippen molar-refractivity contribution >= 4 is 23.1 Å². The van der Waals surface area contributed by atoms with Gasteiger partial charge in [-0.3, -0.25) is 4.79 Å². The Bertz CT molecular complexity index is 753. The molecule has 1 aromatic carbocycles. The Labute approximate surface area is 160 Å². The third-order valence-corrected chi connectivity index (χ3v) is 5.19. The first-order chi connectivity index (χ1) is 13.1. The second-order valence-corrected chi connectivity index (χ2v) is 6.83. The molecule has 1 aliphatic heterocycles. The Kier molecular flexibility index (Phi) is 6.27. The number of carbonyl (C=O) groups excluding carboxylic acids is 1. The molecule has 6 heteroatoms. The van der Waals surface area contributed by atoms with Gasteiger partial charge in [0.05, 0.1) is 17.6 Å². The van der Waals surface area contributed by atoms with E-state index in [2.05, 4.69) is 20.1 Å². The molecule has 144 valence electrons. The van der Waals surface area contributed by atoms with Crippen molar-refractivity contribution in [1.29, 1.82) is 0 Å². The molecule has 1 fully saturated rings. The van der Waals surface area contributed by atoms with Crippen LogP contribution >= 0.6 is 0 Å². The minimum Gasteiger partial charge on any atom is -0.367 e. The topological polar surface area (TPSA) is 48.5 Å². The predicted molar refractivity (Wildman–Crippen MR) is 108 cm³/mol. The van der Waals surface area contributed by atoms with Crippen LogP contribution in [-0.2, 0) is 4.79 Å². The zero-order valence-electron chi connectivity index (χ0n) is 16.0. The Morgan fingerprint density at radius 3 is 2.33 bits per heavy atom.